The Bertz CT molecular complexity index is 565. The monoisotopic (exact) mass is 287 g/mol. The van der Waals surface area contributed by atoms with Crippen LogP contribution in [-0.4, -0.2) is 11.9 Å². The van der Waals surface area contributed by atoms with Crippen LogP contribution in [0.1, 0.15) is 51.5 Å². The van der Waals surface area contributed by atoms with Crippen LogP contribution in [0, 0.1) is 5.41 Å². The molecule has 0 aromatic heterocycles. The molecule has 1 aromatic rings. The van der Waals surface area contributed by atoms with E-state index in [1.54, 1.807) is 0 Å². The van der Waals surface area contributed by atoms with Crippen molar-refractivity contribution in [1.82, 2.24) is 0 Å². The van der Waals surface area contributed by atoms with Crippen molar-refractivity contribution >= 4 is 23.0 Å². The first kappa shape index (κ1) is 14.2. The average Bonchev–Trinajstić information content (AvgIpc) is 2.42. The fourth-order valence-corrected chi connectivity index (χ4v) is 3.52. The van der Waals surface area contributed by atoms with Crippen LogP contribution in [0.3, 0.4) is 0 Å². The maximum Gasteiger partial charge on any atom is 0.224 e. The van der Waals surface area contributed by atoms with Crippen LogP contribution in [0.4, 0.5) is 17.1 Å². The van der Waals surface area contributed by atoms with Crippen molar-refractivity contribution in [2.24, 2.45) is 5.41 Å². The molecule has 0 spiro atoms. The van der Waals surface area contributed by atoms with Crippen LogP contribution in [-0.2, 0) is 11.2 Å². The number of fused-ring (bicyclic) bond motifs is 1. The lowest BCUT2D eigenvalue weighted by atomic mass is 9.73. The first-order chi connectivity index (χ1) is 9.95. The molecule has 4 heteroatoms. The second-order valence-corrected chi connectivity index (χ2v) is 7.08. The minimum Gasteiger partial charge on any atom is -0.397 e. The van der Waals surface area contributed by atoms with Gasteiger partial charge in [-0.1, -0.05) is 26.7 Å². The molecule has 1 aliphatic carbocycles. The van der Waals surface area contributed by atoms with Crippen LogP contribution in [0.25, 0.3) is 0 Å². The van der Waals surface area contributed by atoms with E-state index in [0.717, 1.165) is 23.5 Å². The molecule has 3 rings (SSSR count). The number of hydrogen-bond donors (Lipinski definition) is 3. The quantitative estimate of drug-likeness (QED) is 0.729. The lowest BCUT2D eigenvalue weighted by Gasteiger charge is -2.40. The second-order valence-electron chi connectivity index (χ2n) is 7.08. The lowest BCUT2D eigenvalue weighted by molar-refractivity contribution is -0.116. The molecule has 1 fully saturated rings. The van der Waals surface area contributed by atoms with Crippen LogP contribution < -0.4 is 16.4 Å². The van der Waals surface area contributed by atoms with Crippen molar-refractivity contribution in [2.75, 3.05) is 16.4 Å². The van der Waals surface area contributed by atoms with Crippen molar-refractivity contribution in [3.05, 3.63) is 17.7 Å². The van der Waals surface area contributed by atoms with E-state index in [0.29, 0.717) is 17.9 Å². The highest BCUT2D eigenvalue weighted by Gasteiger charge is 2.32. The third kappa shape index (κ3) is 2.85. The van der Waals surface area contributed by atoms with Crippen LogP contribution >= 0.6 is 0 Å². The Labute approximate surface area is 126 Å². The van der Waals surface area contributed by atoms with E-state index < -0.39 is 0 Å². The molecule has 1 heterocycles. The molecule has 1 unspecified atom stereocenters. The van der Waals surface area contributed by atoms with Gasteiger partial charge in [0, 0.05) is 18.2 Å². The number of hydrogen-bond acceptors (Lipinski definition) is 3. The van der Waals surface area contributed by atoms with E-state index in [2.05, 4.69) is 30.5 Å². The molecule has 4 nitrogen and oxygen atoms in total. The summed E-state index contributed by atoms with van der Waals surface area (Å²) in [5.74, 6) is 0.0797. The Morgan fingerprint density at radius 3 is 2.86 bits per heavy atom. The molecule has 114 valence electrons. The van der Waals surface area contributed by atoms with Crippen molar-refractivity contribution in [3.63, 3.8) is 0 Å². The van der Waals surface area contributed by atoms with E-state index in [1.807, 2.05) is 6.07 Å². The summed E-state index contributed by atoms with van der Waals surface area (Å²) in [5, 5.41) is 6.56. The first-order valence-electron chi connectivity index (χ1n) is 7.94. The molecule has 0 radical (unpaired) electrons. The molecule has 1 amide bonds. The van der Waals surface area contributed by atoms with Crippen molar-refractivity contribution in [1.29, 1.82) is 0 Å². The standard InChI is InChI=1S/C17H25N3O/c1-17(2)8-4-3-5-15(17)19-14-9-11-6-7-16(21)20-13(11)10-12(14)18/h9-10,15,19H,3-8,18H2,1-2H3,(H,20,21). The largest absolute Gasteiger partial charge is 0.397 e. The first-order valence-corrected chi connectivity index (χ1v) is 7.94. The highest BCUT2D eigenvalue weighted by Crippen LogP contribution is 2.39. The molecule has 21 heavy (non-hydrogen) atoms. The van der Waals surface area contributed by atoms with Gasteiger partial charge < -0.3 is 16.4 Å². The van der Waals surface area contributed by atoms with E-state index in [4.69, 9.17) is 5.73 Å². The van der Waals surface area contributed by atoms with Gasteiger partial charge in [-0.05, 0) is 42.4 Å². The Kier molecular flexibility index (Phi) is 3.56. The minimum atomic E-state index is 0.0797. The number of benzene rings is 1. The fourth-order valence-electron chi connectivity index (χ4n) is 3.52. The Balaban J connectivity index is 1.84. The molecule has 4 N–H and O–H groups in total. The van der Waals surface area contributed by atoms with E-state index in [9.17, 15) is 4.79 Å². The van der Waals surface area contributed by atoms with Gasteiger partial charge in [0.25, 0.3) is 0 Å². The number of carbonyl (C=O) groups is 1. The molecule has 1 atom stereocenters. The lowest BCUT2D eigenvalue weighted by Crippen LogP contribution is -2.39. The summed E-state index contributed by atoms with van der Waals surface area (Å²) in [7, 11) is 0. The number of aryl methyl sites for hydroxylation is 1. The van der Waals surface area contributed by atoms with E-state index in [1.165, 1.54) is 31.2 Å². The third-order valence-electron chi connectivity index (χ3n) is 5.01. The summed E-state index contributed by atoms with van der Waals surface area (Å²) in [6.07, 6.45) is 6.40. The van der Waals surface area contributed by atoms with Gasteiger partial charge in [-0.25, -0.2) is 0 Å². The number of nitrogens with two attached hydrogens (primary N) is 1. The summed E-state index contributed by atoms with van der Waals surface area (Å²) in [4.78, 5) is 11.5. The molecular formula is C17H25N3O. The number of nitrogen functional groups attached to an aromatic ring is 1. The molecule has 0 bridgehead atoms. The molecule has 1 aromatic carbocycles. The average molecular weight is 287 g/mol. The van der Waals surface area contributed by atoms with Gasteiger partial charge in [-0.15, -0.1) is 0 Å². The summed E-state index contributed by atoms with van der Waals surface area (Å²) in [6, 6.07) is 4.48. The molecule has 1 saturated carbocycles. The number of nitrogens with one attached hydrogen (secondary N) is 2. The van der Waals surface area contributed by atoms with Gasteiger partial charge in [0.2, 0.25) is 5.91 Å². The summed E-state index contributed by atoms with van der Waals surface area (Å²) in [5.41, 5.74) is 10.3. The predicted molar refractivity (Wildman–Crippen MR) is 87.5 cm³/mol. The van der Waals surface area contributed by atoms with Crippen LogP contribution in [0.5, 0.6) is 0 Å². The molecule has 0 saturated heterocycles. The maximum absolute atomic E-state index is 11.5. The topological polar surface area (TPSA) is 67.2 Å². The highest BCUT2D eigenvalue weighted by molar-refractivity contribution is 5.95. The Morgan fingerprint density at radius 1 is 1.29 bits per heavy atom. The molecule has 2 aliphatic rings. The Hall–Kier alpha value is -1.71. The maximum atomic E-state index is 11.5. The highest BCUT2D eigenvalue weighted by atomic mass is 16.1. The minimum absolute atomic E-state index is 0.0797. The zero-order chi connectivity index (χ0) is 15.0. The number of carbonyl (C=O) groups excluding carboxylic acids is 1. The van der Waals surface area contributed by atoms with Crippen molar-refractivity contribution < 1.29 is 4.79 Å². The zero-order valence-corrected chi connectivity index (χ0v) is 13.0. The summed E-state index contributed by atoms with van der Waals surface area (Å²) >= 11 is 0. The SMILES string of the molecule is CC1(C)CCCCC1Nc1cc2c(cc1N)NC(=O)CC2. The number of rotatable bonds is 2. The summed E-state index contributed by atoms with van der Waals surface area (Å²) in [6.45, 7) is 4.66. The van der Waals surface area contributed by atoms with Gasteiger partial charge in [0.1, 0.15) is 0 Å². The smallest absolute Gasteiger partial charge is 0.224 e. The molecule has 1 aliphatic heterocycles. The van der Waals surface area contributed by atoms with Gasteiger partial charge in [-0.3, -0.25) is 4.79 Å². The predicted octanol–water partition coefficient (Wildman–Crippen LogP) is 3.53. The zero-order valence-electron chi connectivity index (χ0n) is 13.0. The van der Waals surface area contributed by atoms with E-state index in [-0.39, 0.29) is 5.91 Å². The number of amides is 1. The van der Waals surface area contributed by atoms with Gasteiger partial charge in [0.05, 0.1) is 11.4 Å². The van der Waals surface area contributed by atoms with Gasteiger partial charge in [0.15, 0.2) is 0 Å². The van der Waals surface area contributed by atoms with Gasteiger partial charge in [-0.2, -0.15) is 0 Å². The van der Waals surface area contributed by atoms with Crippen molar-refractivity contribution in [2.45, 2.75) is 58.4 Å². The van der Waals surface area contributed by atoms with E-state index >= 15 is 0 Å². The number of anilines is 3. The Morgan fingerprint density at radius 2 is 2.10 bits per heavy atom. The second kappa shape index (κ2) is 5.24. The van der Waals surface area contributed by atoms with Crippen LogP contribution in [0.15, 0.2) is 12.1 Å². The normalized spacial score (nSPS) is 24.1. The molecular weight excluding hydrogens is 262 g/mol. The van der Waals surface area contributed by atoms with Crippen LogP contribution in [0.2, 0.25) is 0 Å². The fraction of sp³-hybridized carbons (Fsp3) is 0.588. The third-order valence-corrected chi connectivity index (χ3v) is 5.01. The van der Waals surface area contributed by atoms with Gasteiger partial charge >= 0.3 is 0 Å². The summed E-state index contributed by atoms with van der Waals surface area (Å²) < 4.78 is 0. The van der Waals surface area contributed by atoms with Crippen molar-refractivity contribution in [3.8, 4) is 0 Å².